The third-order valence-electron chi connectivity index (χ3n) is 17.3. The van der Waals surface area contributed by atoms with Gasteiger partial charge in [0.05, 0.1) is 33.3 Å². The quantitative estimate of drug-likeness (QED) is 0.0451. The molecular weight excluding hydrogens is 1170 g/mol. The van der Waals surface area contributed by atoms with E-state index in [0.29, 0.717) is 55.7 Å². The Morgan fingerprint density at radius 2 is 1.09 bits per heavy atom. The number of halogens is 1. The fraction of sp³-hybridized carbons (Fsp3) is 0.0750. The van der Waals surface area contributed by atoms with Crippen molar-refractivity contribution in [3.63, 3.8) is 0 Å². The average Bonchev–Trinajstić information content (AvgIpc) is 1.47. The van der Waals surface area contributed by atoms with Crippen LogP contribution in [0.2, 0.25) is 5.02 Å². The van der Waals surface area contributed by atoms with Crippen LogP contribution < -0.4 is 15.7 Å². The first kappa shape index (κ1) is 59.1. The normalized spacial score (nSPS) is 11.9. The van der Waals surface area contributed by atoms with Crippen molar-refractivity contribution in [3.8, 4) is 22.6 Å². The molecule has 1 aliphatic rings. The molecule has 93 heavy (non-hydrogen) atoms. The zero-order valence-corrected chi connectivity index (χ0v) is 51.8. The predicted octanol–water partition coefficient (Wildman–Crippen LogP) is 21.6. The predicted molar refractivity (Wildman–Crippen MR) is 377 cm³/mol. The highest BCUT2D eigenvalue weighted by atomic mass is 35.5. The third-order valence-corrected chi connectivity index (χ3v) is 17.6. The van der Waals surface area contributed by atoms with Crippen molar-refractivity contribution in [1.82, 2.24) is 0 Å². The summed E-state index contributed by atoms with van der Waals surface area (Å²) >= 11 is 6.18. The molecule has 0 bridgehead atoms. The number of para-hydroxylation sites is 1. The van der Waals surface area contributed by atoms with Gasteiger partial charge in [0.1, 0.15) is 23.8 Å². The summed E-state index contributed by atoms with van der Waals surface area (Å²) in [5.74, 6) is -0.466. The van der Waals surface area contributed by atoms with Crippen molar-refractivity contribution in [2.75, 3.05) is 22.7 Å². The van der Waals surface area contributed by atoms with E-state index in [-0.39, 0.29) is 35.4 Å². The molecule has 0 heterocycles. The molecule has 0 aromatic heterocycles. The van der Waals surface area contributed by atoms with Crippen LogP contribution in [0.5, 0.6) is 11.5 Å². The first-order valence-electron chi connectivity index (χ1n) is 30.6. The average molecular weight is 1230 g/mol. The molecular formula is C80H60ClN7O5. The smallest absolute Gasteiger partial charge is 0.259 e. The Kier molecular flexibility index (Phi) is 16.1. The van der Waals surface area contributed by atoms with Crippen LogP contribution in [0.4, 0.5) is 45.5 Å². The van der Waals surface area contributed by atoms with Crippen molar-refractivity contribution in [1.29, 1.82) is 0 Å². The third kappa shape index (κ3) is 11.7. The number of hydrogen-bond donors (Lipinski definition) is 4. The lowest BCUT2D eigenvalue weighted by atomic mass is 9.93. The molecule has 0 fully saturated rings. The second-order valence-corrected chi connectivity index (χ2v) is 23.6. The molecule has 12 nitrogen and oxygen atoms in total. The maximum Gasteiger partial charge on any atom is 0.259 e. The zero-order chi connectivity index (χ0) is 63.7. The van der Waals surface area contributed by atoms with Crippen LogP contribution in [0.3, 0.4) is 0 Å². The molecule has 13 heteroatoms. The number of anilines is 5. The summed E-state index contributed by atoms with van der Waals surface area (Å²) < 4.78 is 0. The lowest BCUT2D eigenvalue weighted by Gasteiger charge is -2.28. The van der Waals surface area contributed by atoms with Crippen LogP contribution in [-0.4, -0.2) is 29.0 Å². The van der Waals surface area contributed by atoms with Gasteiger partial charge in [-0.3, -0.25) is 19.9 Å². The Morgan fingerprint density at radius 3 is 1.76 bits per heavy atom. The van der Waals surface area contributed by atoms with Gasteiger partial charge in [-0.15, -0.1) is 5.11 Å². The minimum Gasteiger partial charge on any atom is -0.507 e. The van der Waals surface area contributed by atoms with E-state index >= 15 is 0 Å². The summed E-state index contributed by atoms with van der Waals surface area (Å²) in [6, 6.07) is 82.7. The van der Waals surface area contributed by atoms with Gasteiger partial charge < -0.3 is 20.4 Å². The molecule has 0 unspecified atom stereocenters. The Bertz CT molecular complexity index is 5270. The summed E-state index contributed by atoms with van der Waals surface area (Å²) in [4.78, 5) is 34.3. The lowest BCUT2D eigenvalue weighted by molar-refractivity contribution is 0.102. The second kappa shape index (κ2) is 25.4. The van der Waals surface area contributed by atoms with Crippen molar-refractivity contribution in [2.45, 2.75) is 33.3 Å². The number of carbonyl (C=O) groups excluding carboxylic acids is 2. The highest BCUT2D eigenvalue weighted by Gasteiger charge is 2.28. The van der Waals surface area contributed by atoms with Crippen LogP contribution in [-0.2, 0) is 24.3 Å². The standard InChI is InChI=1S/C49H38N2O2.C31H22ClN5O3/c1-31-10-24-40(25-11-31)51(45-29-21-37-19-18-35-7-5-8-36-20-28-43(45)47(37)46(35)36)41-26-16-34(17-27-41)13-12-33-14-22-39(23-15-33)50-49(53)44-30-38-6-3-4-9-42(38)32(2)48(44)52;1-33-34-20-10-12-23-24-13-11-21(16-26(24)31(39)25(23)15-20)35-36-29-22-7-3-2-6-18(22)14-19(30(29)38)17-40-37-28-9-5-4-8-27(28)32/h3-11,14-30,52H,12-13H2,1-2H3,(H,50,53);2-16,37-38H,17H2,1H3. The molecule has 452 valence electrons. The fourth-order valence-corrected chi connectivity index (χ4v) is 12.7. The molecule has 0 aliphatic heterocycles. The maximum atomic E-state index is 13.2. The van der Waals surface area contributed by atoms with Crippen molar-refractivity contribution in [2.24, 2.45) is 20.5 Å². The van der Waals surface area contributed by atoms with Gasteiger partial charge in [0, 0.05) is 51.6 Å². The Hall–Kier alpha value is -11.6. The van der Waals surface area contributed by atoms with E-state index in [1.807, 2.05) is 104 Å². The van der Waals surface area contributed by atoms with E-state index in [1.54, 1.807) is 43.4 Å². The number of phenols is 2. The number of benzene rings is 14. The highest BCUT2D eigenvalue weighted by molar-refractivity contribution is 6.33. The second-order valence-electron chi connectivity index (χ2n) is 23.2. The minimum absolute atomic E-state index is 0.0155. The van der Waals surface area contributed by atoms with Gasteiger partial charge >= 0.3 is 0 Å². The summed E-state index contributed by atoms with van der Waals surface area (Å²) in [5.41, 5.74) is 16.9. The van der Waals surface area contributed by atoms with Gasteiger partial charge in [-0.25, -0.2) is 0 Å². The number of ketones is 1. The van der Waals surface area contributed by atoms with E-state index in [2.05, 4.69) is 158 Å². The van der Waals surface area contributed by atoms with Crippen LogP contribution in [0.1, 0.15) is 54.1 Å². The molecule has 0 radical (unpaired) electrons. The van der Waals surface area contributed by atoms with Gasteiger partial charge in [-0.2, -0.15) is 15.3 Å². The van der Waals surface area contributed by atoms with Crippen LogP contribution in [0.25, 0.3) is 65.0 Å². The van der Waals surface area contributed by atoms with E-state index in [1.165, 1.54) is 49.0 Å². The number of fused-ring (bicyclic) bond motifs is 5. The summed E-state index contributed by atoms with van der Waals surface area (Å²) in [6.45, 7) is 4.02. The molecule has 14 aromatic rings. The van der Waals surface area contributed by atoms with Gasteiger partial charge in [-0.05, 0) is 189 Å². The monoisotopic (exact) mass is 1230 g/mol. The van der Waals surface area contributed by atoms with Gasteiger partial charge in [0.25, 0.3) is 5.91 Å². The molecule has 15 rings (SSSR count). The number of nitrogens with one attached hydrogen (secondary N) is 2. The number of azo groups is 2. The van der Waals surface area contributed by atoms with E-state index in [9.17, 15) is 19.8 Å². The highest BCUT2D eigenvalue weighted by Crippen LogP contribution is 2.46. The summed E-state index contributed by atoms with van der Waals surface area (Å²) in [5, 5.41) is 53.1. The van der Waals surface area contributed by atoms with Gasteiger partial charge in [-0.1, -0.05) is 175 Å². The number of aryl methyl sites for hydroxylation is 4. The first-order chi connectivity index (χ1) is 45.4. The Morgan fingerprint density at radius 1 is 0.516 bits per heavy atom. The Balaban J connectivity index is 0.000000168. The zero-order valence-electron chi connectivity index (χ0n) is 51.0. The van der Waals surface area contributed by atoms with Gasteiger partial charge in [0.2, 0.25) is 0 Å². The van der Waals surface area contributed by atoms with Crippen molar-refractivity contribution < 1.29 is 24.6 Å². The number of phenolic OH excluding ortho intramolecular Hbond substituents is 2. The number of hydrogen-bond acceptors (Lipinski definition) is 11. The molecule has 0 spiro atoms. The number of nitrogens with zero attached hydrogens (tertiary/aromatic N) is 5. The molecule has 14 aromatic carbocycles. The first-order valence-corrected chi connectivity index (χ1v) is 31.0. The lowest BCUT2D eigenvalue weighted by Crippen LogP contribution is -2.12. The molecule has 4 N–H and O–H groups in total. The number of rotatable bonds is 15. The largest absolute Gasteiger partial charge is 0.507 e. The number of amides is 1. The summed E-state index contributed by atoms with van der Waals surface area (Å²) in [6.07, 6.45) is 1.76. The number of carbonyl (C=O) groups is 2. The van der Waals surface area contributed by atoms with Crippen LogP contribution in [0, 0.1) is 13.8 Å². The molecule has 0 saturated carbocycles. The van der Waals surface area contributed by atoms with E-state index in [4.69, 9.17) is 16.4 Å². The molecule has 1 aliphatic carbocycles. The van der Waals surface area contributed by atoms with Crippen molar-refractivity contribution in [3.05, 3.63) is 298 Å². The summed E-state index contributed by atoms with van der Waals surface area (Å²) in [7, 11) is 1.59. The molecule has 0 atom stereocenters. The fourth-order valence-electron chi connectivity index (χ4n) is 12.5. The van der Waals surface area contributed by atoms with Crippen molar-refractivity contribution >= 4 is 123 Å². The van der Waals surface area contributed by atoms with Gasteiger partial charge in [0.15, 0.2) is 5.78 Å². The topological polar surface area (TPSA) is 161 Å². The minimum atomic E-state index is -0.328. The van der Waals surface area contributed by atoms with E-state index < -0.39 is 0 Å². The van der Waals surface area contributed by atoms with Crippen LogP contribution >= 0.6 is 11.6 Å². The Labute approximate surface area is 541 Å². The maximum absolute atomic E-state index is 13.2. The molecule has 0 saturated heterocycles. The SMILES string of the molecule is CN=Nc1ccc2c(c1)C(=O)c1cc(N=Nc3c(O)c(CONc4ccccc4Cl)cc4ccccc34)ccc1-2.Cc1ccc(N(c2ccc(CCc3ccc(NC(=O)c4cc5ccccc5c(C)c4O)cc3)cc2)c2ccc3ccc4cccc5ccc2c3c45)cc1. The van der Waals surface area contributed by atoms with E-state index in [0.717, 1.165) is 62.6 Å². The molecule has 1 amide bonds. The van der Waals surface area contributed by atoms with Crippen LogP contribution in [0.15, 0.2) is 269 Å². The number of aromatic hydroxyl groups is 2.